The van der Waals surface area contributed by atoms with Gasteiger partial charge in [-0.15, -0.1) is 0 Å². The van der Waals surface area contributed by atoms with Gasteiger partial charge in [-0.3, -0.25) is 4.79 Å². The molecule has 0 radical (unpaired) electrons. The molecule has 1 amide bonds. The maximum absolute atomic E-state index is 12.0. The molecule has 5 heteroatoms. The maximum Gasteiger partial charge on any atom is 0.241 e. The molecule has 18 heavy (non-hydrogen) atoms. The van der Waals surface area contributed by atoms with E-state index in [1.165, 1.54) is 0 Å². The predicted molar refractivity (Wildman–Crippen MR) is 68.7 cm³/mol. The van der Waals surface area contributed by atoms with Gasteiger partial charge in [0.15, 0.2) is 0 Å². The summed E-state index contributed by atoms with van der Waals surface area (Å²) in [5.74, 6) is 0.158. The number of carbonyl (C=O) groups is 1. The number of phenols is 1. The van der Waals surface area contributed by atoms with Gasteiger partial charge in [0.2, 0.25) is 5.91 Å². The van der Waals surface area contributed by atoms with Crippen LogP contribution in [0.5, 0.6) is 5.75 Å². The minimum atomic E-state index is -0.218. The predicted octanol–water partition coefficient (Wildman–Crippen LogP) is 1.02. The molecule has 1 fully saturated rings. The summed E-state index contributed by atoms with van der Waals surface area (Å²) in [5, 5.41) is 15.4. The summed E-state index contributed by atoms with van der Waals surface area (Å²) in [6.45, 7) is 2.49. The minimum absolute atomic E-state index is 0.0698. The normalized spacial score (nSPS) is 23.0. The summed E-state index contributed by atoms with van der Waals surface area (Å²) in [5.41, 5.74) is 1.43. The molecule has 0 bridgehead atoms. The number of carbonyl (C=O) groups excluding carboxylic acids is 1. The molecule has 0 spiro atoms. The van der Waals surface area contributed by atoms with E-state index in [1.807, 2.05) is 0 Å². The molecule has 1 aliphatic heterocycles. The molecule has 98 valence electrons. The van der Waals surface area contributed by atoms with Crippen molar-refractivity contribution in [2.75, 3.05) is 19.0 Å². The molecule has 1 aromatic rings. The number of hydrogen-bond acceptors (Lipinski definition) is 4. The van der Waals surface area contributed by atoms with Gasteiger partial charge in [0.25, 0.3) is 0 Å². The van der Waals surface area contributed by atoms with Gasteiger partial charge in [0, 0.05) is 19.3 Å². The number of aryl methyl sites for hydroxylation is 1. The van der Waals surface area contributed by atoms with Crippen molar-refractivity contribution in [3.8, 4) is 5.75 Å². The number of amides is 1. The van der Waals surface area contributed by atoms with Gasteiger partial charge in [-0.05, 0) is 37.1 Å². The van der Waals surface area contributed by atoms with E-state index >= 15 is 0 Å². The third-order valence-electron chi connectivity index (χ3n) is 3.20. The Morgan fingerprint density at radius 2 is 2.33 bits per heavy atom. The average Bonchev–Trinajstić information content (AvgIpc) is 2.82. The molecule has 3 N–H and O–H groups in total. The van der Waals surface area contributed by atoms with Crippen LogP contribution < -0.4 is 10.6 Å². The van der Waals surface area contributed by atoms with Gasteiger partial charge < -0.3 is 20.5 Å². The average molecular weight is 250 g/mol. The number of nitrogens with one attached hydrogen (secondary N) is 2. The van der Waals surface area contributed by atoms with E-state index in [0.29, 0.717) is 18.7 Å². The first-order chi connectivity index (χ1) is 8.60. The van der Waals surface area contributed by atoms with Crippen molar-refractivity contribution in [1.29, 1.82) is 0 Å². The number of aromatic hydroxyl groups is 1. The SMILES string of the molecule is COC1CNC(C(=O)Nc2ccc(O)c(C)c2)C1. The van der Waals surface area contributed by atoms with Crippen molar-refractivity contribution in [2.24, 2.45) is 0 Å². The number of phenolic OH excluding ortho intramolecular Hbond substituents is 1. The van der Waals surface area contributed by atoms with Gasteiger partial charge >= 0.3 is 0 Å². The molecule has 2 unspecified atom stereocenters. The number of methoxy groups -OCH3 is 1. The first-order valence-corrected chi connectivity index (χ1v) is 5.97. The van der Waals surface area contributed by atoms with Crippen LogP contribution >= 0.6 is 0 Å². The molecule has 5 nitrogen and oxygen atoms in total. The van der Waals surface area contributed by atoms with Crippen LogP contribution in [0.15, 0.2) is 18.2 Å². The number of rotatable bonds is 3. The second kappa shape index (κ2) is 5.37. The van der Waals surface area contributed by atoms with Crippen LogP contribution in [0.2, 0.25) is 0 Å². The van der Waals surface area contributed by atoms with E-state index in [2.05, 4.69) is 10.6 Å². The molecule has 2 atom stereocenters. The van der Waals surface area contributed by atoms with Crippen molar-refractivity contribution in [3.63, 3.8) is 0 Å². The van der Waals surface area contributed by atoms with Gasteiger partial charge in [-0.25, -0.2) is 0 Å². The Hall–Kier alpha value is -1.59. The Kier molecular flexibility index (Phi) is 3.84. The number of anilines is 1. The smallest absolute Gasteiger partial charge is 0.241 e. The largest absolute Gasteiger partial charge is 0.508 e. The summed E-state index contributed by atoms with van der Waals surface area (Å²) >= 11 is 0. The molecule has 2 rings (SSSR count). The zero-order valence-corrected chi connectivity index (χ0v) is 10.6. The zero-order valence-electron chi connectivity index (χ0n) is 10.6. The lowest BCUT2D eigenvalue weighted by molar-refractivity contribution is -0.118. The fourth-order valence-corrected chi connectivity index (χ4v) is 2.05. The summed E-state index contributed by atoms with van der Waals surface area (Å²) in [6.07, 6.45) is 0.779. The van der Waals surface area contributed by atoms with E-state index in [-0.39, 0.29) is 23.8 Å². The topological polar surface area (TPSA) is 70.6 Å². The zero-order chi connectivity index (χ0) is 13.1. The number of ether oxygens (including phenoxy) is 1. The summed E-state index contributed by atoms with van der Waals surface area (Å²) in [4.78, 5) is 12.0. The van der Waals surface area contributed by atoms with Crippen LogP contribution in [-0.2, 0) is 9.53 Å². The quantitative estimate of drug-likeness (QED) is 0.700. The van der Waals surface area contributed by atoms with E-state index < -0.39 is 0 Å². The van der Waals surface area contributed by atoms with Crippen molar-refractivity contribution in [1.82, 2.24) is 5.32 Å². The number of hydrogen-bond donors (Lipinski definition) is 3. The third-order valence-corrected chi connectivity index (χ3v) is 3.20. The Balaban J connectivity index is 1.97. The standard InChI is InChI=1S/C13H18N2O3/c1-8-5-9(3-4-12(8)16)15-13(17)11-6-10(18-2)7-14-11/h3-5,10-11,14,16H,6-7H2,1-2H3,(H,15,17). The molecule has 1 heterocycles. The lowest BCUT2D eigenvalue weighted by Gasteiger charge is -2.12. The lowest BCUT2D eigenvalue weighted by atomic mass is 10.1. The number of benzene rings is 1. The second-order valence-electron chi connectivity index (χ2n) is 4.54. The van der Waals surface area contributed by atoms with Gasteiger partial charge in [-0.1, -0.05) is 0 Å². The molecular weight excluding hydrogens is 232 g/mol. The first kappa shape index (κ1) is 12.9. The summed E-state index contributed by atoms with van der Waals surface area (Å²) in [6, 6.07) is 4.79. The van der Waals surface area contributed by atoms with Crippen molar-refractivity contribution < 1.29 is 14.6 Å². The van der Waals surface area contributed by atoms with Crippen LogP contribution in [0.1, 0.15) is 12.0 Å². The van der Waals surface area contributed by atoms with E-state index in [9.17, 15) is 9.90 Å². The maximum atomic E-state index is 12.0. The summed E-state index contributed by atoms with van der Waals surface area (Å²) < 4.78 is 5.20. The van der Waals surface area contributed by atoms with Gasteiger partial charge in [-0.2, -0.15) is 0 Å². The third kappa shape index (κ3) is 2.80. The van der Waals surface area contributed by atoms with Crippen LogP contribution in [0.25, 0.3) is 0 Å². The summed E-state index contributed by atoms with van der Waals surface area (Å²) in [7, 11) is 1.65. The van der Waals surface area contributed by atoms with Crippen molar-refractivity contribution >= 4 is 11.6 Å². The lowest BCUT2D eigenvalue weighted by Crippen LogP contribution is -2.35. The van der Waals surface area contributed by atoms with Crippen LogP contribution in [-0.4, -0.2) is 36.8 Å². The van der Waals surface area contributed by atoms with E-state index in [0.717, 1.165) is 5.56 Å². The minimum Gasteiger partial charge on any atom is -0.508 e. The molecule has 1 aromatic carbocycles. The second-order valence-corrected chi connectivity index (χ2v) is 4.54. The van der Waals surface area contributed by atoms with E-state index in [1.54, 1.807) is 32.2 Å². The highest BCUT2D eigenvalue weighted by molar-refractivity contribution is 5.95. The molecule has 0 aliphatic carbocycles. The fraction of sp³-hybridized carbons (Fsp3) is 0.462. The van der Waals surface area contributed by atoms with Crippen LogP contribution in [0.4, 0.5) is 5.69 Å². The molecule has 0 saturated carbocycles. The molecular formula is C13H18N2O3. The Morgan fingerprint density at radius 1 is 1.56 bits per heavy atom. The van der Waals surface area contributed by atoms with Crippen molar-refractivity contribution in [3.05, 3.63) is 23.8 Å². The Bertz CT molecular complexity index is 448. The Labute approximate surface area is 106 Å². The van der Waals surface area contributed by atoms with E-state index in [4.69, 9.17) is 4.74 Å². The van der Waals surface area contributed by atoms with Gasteiger partial charge in [0.05, 0.1) is 12.1 Å². The molecule has 1 aliphatic rings. The Morgan fingerprint density at radius 3 is 2.94 bits per heavy atom. The highest BCUT2D eigenvalue weighted by Crippen LogP contribution is 2.20. The van der Waals surface area contributed by atoms with Gasteiger partial charge in [0.1, 0.15) is 5.75 Å². The van der Waals surface area contributed by atoms with Crippen molar-refractivity contribution in [2.45, 2.75) is 25.5 Å². The van der Waals surface area contributed by atoms with Crippen LogP contribution in [0.3, 0.4) is 0 Å². The molecule has 1 saturated heterocycles. The molecule has 0 aromatic heterocycles. The fourth-order valence-electron chi connectivity index (χ4n) is 2.05. The van der Waals surface area contributed by atoms with Crippen LogP contribution in [0, 0.1) is 6.92 Å². The highest BCUT2D eigenvalue weighted by Gasteiger charge is 2.29. The monoisotopic (exact) mass is 250 g/mol. The highest BCUT2D eigenvalue weighted by atomic mass is 16.5. The first-order valence-electron chi connectivity index (χ1n) is 5.97.